The van der Waals surface area contributed by atoms with E-state index in [4.69, 9.17) is 5.11 Å². The van der Waals surface area contributed by atoms with Crippen molar-refractivity contribution in [3.63, 3.8) is 0 Å². The number of carbonyl (C=O) groups is 2. The minimum atomic E-state index is -4.84. The zero-order chi connectivity index (χ0) is 17.2. The second-order valence-corrected chi connectivity index (χ2v) is 5.40. The second kappa shape index (κ2) is 6.47. The minimum absolute atomic E-state index is 0.0321. The number of alkyl halides is 3. The molecular weight excluding hydrogens is 315 g/mol. The zero-order valence-corrected chi connectivity index (χ0v) is 12.3. The lowest BCUT2D eigenvalue weighted by Gasteiger charge is -2.37. The third-order valence-electron chi connectivity index (χ3n) is 3.88. The number of aliphatic carboxylic acids is 1. The number of likely N-dealkylation sites (tertiary alicyclic amines) is 1. The average molecular weight is 331 g/mol. The highest BCUT2D eigenvalue weighted by molar-refractivity contribution is 5.95. The molecule has 0 bridgehead atoms. The monoisotopic (exact) mass is 331 g/mol. The van der Waals surface area contributed by atoms with Crippen LogP contribution in [-0.2, 0) is 4.79 Å². The molecule has 0 aromatic heterocycles. The number of piperidine rings is 1. The summed E-state index contributed by atoms with van der Waals surface area (Å²) < 4.78 is 40.5. The van der Waals surface area contributed by atoms with Gasteiger partial charge in [0.05, 0.1) is 5.92 Å². The maximum absolute atomic E-state index is 12.5. The Bertz CT molecular complexity index is 603. The number of carbonyl (C=O) groups excluding carboxylic acids is 1. The van der Waals surface area contributed by atoms with Gasteiger partial charge in [0, 0.05) is 18.2 Å². The van der Waals surface area contributed by atoms with Gasteiger partial charge >= 0.3 is 12.3 Å². The van der Waals surface area contributed by atoms with E-state index < -0.39 is 35.9 Å². The van der Waals surface area contributed by atoms with Gasteiger partial charge in [-0.25, -0.2) is 0 Å². The van der Waals surface area contributed by atoms with Crippen molar-refractivity contribution in [3.8, 4) is 5.75 Å². The number of carboxylic acids is 1. The molecule has 8 heteroatoms. The minimum Gasteiger partial charge on any atom is -0.481 e. The van der Waals surface area contributed by atoms with E-state index in [-0.39, 0.29) is 5.56 Å². The van der Waals surface area contributed by atoms with Crippen LogP contribution in [0.25, 0.3) is 0 Å². The molecule has 0 saturated carbocycles. The number of hydrogen-bond donors (Lipinski definition) is 1. The van der Waals surface area contributed by atoms with Crippen LogP contribution in [-0.4, -0.2) is 40.8 Å². The third-order valence-corrected chi connectivity index (χ3v) is 3.88. The molecule has 1 aromatic rings. The Balaban J connectivity index is 2.19. The Morgan fingerprint density at radius 2 is 2.04 bits per heavy atom. The summed E-state index contributed by atoms with van der Waals surface area (Å²) in [6, 6.07) is 4.25. The number of amides is 1. The lowest BCUT2D eigenvalue weighted by atomic mass is 9.90. The van der Waals surface area contributed by atoms with Crippen LogP contribution in [0.4, 0.5) is 13.2 Å². The first-order valence-corrected chi connectivity index (χ1v) is 7.08. The van der Waals surface area contributed by atoms with Crippen LogP contribution in [0.3, 0.4) is 0 Å². The van der Waals surface area contributed by atoms with Gasteiger partial charge in [0.25, 0.3) is 5.91 Å². The molecule has 1 aliphatic heterocycles. The van der Waals surface area contributed by atoms with Gasteiger partial charge in [-0.05, 0) is 38.0 Å². The zero-order valence-electron chi connectivity index (χ0n) is 12.3. The van der Waals surface area contributed by atoms with E-state index >= 15 is 0 Å². The van der Waals surface area contributed by atoms with Crippen molar-refractivity contribution in [3.05, 3.63) is 29.8 Å². The summed E-state index contributed by atoms with van der Waals surface area (Å²) in [5.74, 6) is -2.65. The van der Waals surface area contributed by atoms with Crippen LogP contribution in [0.15, 0.2) is 24.3 Å². The summed E-state index contributed by atoms with van der Waals surface area (Å²) in [7, 11) is 0. The number of carboxylic acid groups (broad SMARTS) is 1. The summed E-state index contributed by atoms with van der Waals surface area (Å²) in [5.41, 5.74) is 0.0321. The van der Waals surface area contributed by atoms with Crippen LogP contribution in [0.5, 0.6) is 5.75 Å². The molecule has 1 heterocycles. The Labute approximate surface area is 130 Å². The molecule has 1 amide bonds. The van der Waals surface area contributed by atoms with Gasteiger partial charge < -0.3 is 14.7 Å². The first-order valence-electron chi connectivity index (χ1n) is 7.08. The van der Waals surface area contributed by atoms with E-state index in [2.05, 4.69) is 4.74 Å². The van der Waals surface area contributed by atoms with Crippen LogP contribution in [0.2, 0.25) is 0 Å². The van der Waals surface area contributed by atoms with Gasteiger partial charge in [0.1, 0.15) is 5.75 Å². The highest BCUT2D eigenvalue weighted by atomic mass is 19.4. The Morgan fingerprint density at radius 3 is 2.65 bits per heavy atom. The van der Waals surface area contributed by atoms with Crippen molar-refractivity contribution in [1.82, 2.24) is 4.90 Å². The highest BCUT2D eigenvalue weighted by Gasteiger charge is 2.36. The maximum atomic E-state index is 12.5. The smallest absolute Gasteiger partial charge is 0.481 e. The quantitative estimate of drug-likeness (QED) is 0.925. The van der Waals surface area contributed by atoms with Crippen molar-refractivity contribution < 1.29 is 32.6 Å². The number of benzene rings is 1. The standard InChI is InChI=1S/C15H16F3NO4/c1-9-12(14(21)22)6-3-7-19(9)13(20)10-4-2-5-11(8-10)23-15(16,17)18/h2,4-5,8-9,12H,3,6-7H2,1H3,(H,21,22)/t9-,12-/m1/s1. The fourth-order valence-electron chi connectivity index (χ4n) is 2.75. The van der Waals surface area contributed by atoms with Gasteiger partial charge in [-0.3, -0.25) is 9.59 Å². The molecule has 1 aliphatic rings. The molecule has 0 spiro atoms. The fourth-order valence-corrected chi connectivity index (χ4v) is 2.75. The highest BCUT2D eigenvalue weighted by Crippen LogP contribution is 2.27. The molecular formula is C15H16F3NO4. The summed E-state index contributed by atoms with van der Waals surface area (Å²) in [6.45, 7) is 2.00. The van der Waals surface area contributed by atoms with Crippen molar-refractivity contribution >= 4 is 11.9 Å². The first-order chi connectivity index (χ1) is 10.7. The SMILES string of the molecule is C[C@@H]1[C@H](C(=O)O)CCCN1C(=O)c1cccc(OC(F)(F)F)c1. The van der Waals surface area contributed by atoms with Crippen molar-refractivity contribution in [2.75, 3.05) is 6.54 Å². The molecule has 126 valence electrons. The van der Waals surface area contributed by atoms with E-state index in [1.165, 1.54) is 17.0 Å². The molecule has 1 N–H and O–H groups in total. The van der Waals surface area contributed by atoms with Gasteiger partial charge in [-0.1, -0.05) is 6.07 Å². The molecule has 0 unspecified atom stereocenters. The molecule has 0 radical (unpaired) electrons. The van der Waals surface area contributed by atoms with Crippen molar-refractivity contribution in [1.29, 1.82) is 0 Å². The largest absolute Gasteiger partial charge is 0.573 e. The van der Waals surface area contributed by atoms with E-state index in [0.717, 1.165) is 12.1 Å². The van der Waals surface area contributed by atoms with Crippen LogP contribution < -0.4 is 4.74 Å². The normalized spacial score (nSPS) is 21.8. The van der Waals surface area contributed by atoms with Crippen LogP contribution in [0, 0.1) is 5.92 Å². The number of ether oxygens (including phenoxy) is 1. The number of halogens is 3. The number of rotatable bonds is 3. The van der Waals surface area contributed by atoms with Gasteiger partial charge in [-0.15, -0.1) is 13.2 Å². The molecule has 1 saturated heterocycles. The Kier molecular flexibility index (Phi) is 4.82. The predicted octanol–water partition coefficient (Wildman–Crippen LogP) is 2.91. The third kappa shape index (κ3) is 4.14. The molecule has 0 aliphatic carbocycles. The lowest BCUT2D eigenvalue weighted by Crippen LogP contribution is -2.49. The summed E-state index contributed by atoms with van der Waals surface area (Å²) >= 11 is 0. The number of nitrogens with zero attached hydrogens (tertiary/aromatic N) is 1. The van der Waals surface area contributed by atoms with Crippen LogP contribution >= 0.6 is 0 Å². The molecule has 2 rings (SSSR count). The van der Waals surface area contributed by atoms with Gasteiger partial charge in [-0.2, -0.15) is 0 Å². The lowest BCUT2D eigenvalue weighted by molar-refractivity contribution is -0.274. The van der Waals surface area contributed by atoms with E-state index in [0.29, 0.717) is 19.4 Å². The van der Waals surface area contributed by atoms with E-state index in [1.54, 1.807) is 6.92 Å². The second-order valence-electron chi connectivity index (χ2n) is 5.40. The first kappa shape index (κ1) is 17.1. The topological polar surface area (TPSA) is 66.8 Å². The maximum Gasteiger partial charge on any atom is 0.573 e. The Hall–Kier alpha value is -2.25. The summed E-state index contributed by atoms with van der Waals surface area (Å²) in [4.78, 5) is 25.1. The Morgan fingerprint density at radius 1 is 1.35 bits per heavy atom. The summed E-state index contributed by atoms with van der Waals surface area (Å²) in [5, 5.41) is 9.17. The molecule has 1 fully saturated rings. The molecule has 5 nitrogen and oxygen atoms in total. The van der Waals surface area contributed by atoms with E-state index in [1.807, 2.05) is 0 Å². The molecule has 23 heavy (non-hydrogen) atoms. The molecule has 1 aromatic carbocycles. The van der Waals surface area contributed by atoms with Crippen molar-refractivity contribution in [2.45, 2.75) is 32.2 Å². The molecule has 2 atom stereocenters. The van der Waals surface area contributed by atoms with Gasteiger partial charge in [0.15, 0.2) is 0 Å². The number of hydrogen-bond acceptors (Lipinski definition) is 3. The van der Waals surface area contributed by atoms with Crippen LogP contribution in [0.1, 0.15) is 30.1 Å². The van der Waals surface area contributed by atoms with E-state index in [9.17, 15) is 22.8 Å². The summed E-state index contributed by atoms with van der Waals surface area (Å²) in [6.07, 6.45) is -3.84. The fraction of sp³-hybridized carbons (Fsp3) is 0.467. The predicted molar refractivity (Wildman–Crippen MR) is 74.0 cm³/mol. The van der Waals surface area contributed by atoms with Gasteiger partial charge in [0.2, 0.25) is 0 Å². The van der Waals surface area contributed by atoms with Crippen molar-refractivity contribution in [2.24, 2.45) is 5.92 Å². The average Bonchev–Trinajstić information content (AvgIpc) is 2.45.